The number of nitrogens with zero attached hydrogens (tertiary/aromatic N) is 1. The number of aryl methyl sites for hydroxylation is 1. The number of carbonyl (C=O) groups is 1. The van der Waals surface area contributed by atoms with E-state index in [2.05, 4.69) is 0 Å². The van der Waals surface area contributed by atoms with Gasteiger partial charge in [0, 0.05) is 38.3 Å². The van der Waals surface area contributed by atoms with Crippen LogP contribution < -0.4 is 4.74 Å². The molecule has 1 fully saturated rings. The molecule has 3 rings (SSSR count). The second kappa shape index (κ2) is 11.0. The lowest BCUT2D eigenvalue weighted by Crippen LogP contribution is -2.46. The first kappa shape index (κ1) is 23.6. The molecule has 31 heavy (non-hydrogen) atoms. The molecule has 0 bridgehead atoms. The number of hydrogen-bond donors (Lipinski definition) is 1. The molecule has 0 unspecified atom stereocenters. The number of ether oxygens (including phenoxy) is 2. The van der Waals surface area contributed by atoms with E-state index in [1.54, 1.807) is 18.1 Å². The summed E-state index contributed by atoms with van der Waals surface area (Å²) in [6, 6.07) is 13.3. The van der Waals surface area contributed by atoms with Crippen molar-refractivity contribution in [2.24, 2.45) is 5.92 Å². The maximum atomic E-state index is 12.2. The number of aliphatic hydroxyl groups is 1. The summed E-state index contributed by atoms with van der Waals surface area (Å²) in [6.07, 6.45) is 4.74. The van der Waals surface area contributed by atoms with Crippen molar-refractivity contribution in [3.8, 4) is 11.5 Å². The van der Waals surface area contributed by atoms with E-state index in [-0.39, 0.29) is 5.92 Å². The zero-order valence-electron chi connectivity index (χ0n) is 18.4. The van der Waals surface area contributed by atoms with Crippen molar-refractivity contribution in [3.63, 3.8) is 0 Å². The van der Waals surface area contributed by atoms with Crippen LogP contribution in [-0.2, 0) is 15.1 Å². The molecular formula is C25H32ClNO4. The lowest BCUT2D eigenvalue weighted by atomic mass is 9.73. The van der Waals surface area contributed by atoms with E-state index in [1.165, 1.54) is 0 Å². The maximum absolute atomic E-state index is 12.2. The summed E-state index contributed by atoms with van der Waals surface area (Å²) in [4.78, 5) is 13.2. The van der Waals surface area contributed by atoms with E-state index >= 15 is 0 Å². The third-order valence-corrected chi connectivity index (χ3v) is 6.47. The number of amides is 1. The smallest absolute Gasteiger partial charge is 0.209 e. The molecule has 1 aliphatic rings. The topological polar surface area (TPSA) is 59.0 Å². The molecule has 0 radical (unpaired) electrons. The number of para-hydroxylation sites is 2. The molecule has 1 aliphatic heterocycles. The number of halogens is 1. The summed E-state index contributed by atoms with van der Waals surface area (Å²) in [6.45, 7) is 3.86. The predicted octanol–water partition coefficient (Wildman–Crippen LogP) is 5.31. The third-order valence-electron chi connectivity index (χ3n) is 6.17. The van der Waals surface area contributed by atoms with Gasteiger partial charge in [-0.3, -0.25) is 4.79 Å². The Bertz CT molecular complexity index is 874. The Morgan fingerprint density at radius 2 is 2.03 bits per heavy atom. The highest BCUT2D eigenvalue weighted by molar-refractivity contribution is 6.32. The van der Waals surface area contributed by atoms with Gasteiger partial charge in [-0.25, -0.2) is 0 Å². The molecule has 0 aromatic heterocycles. The molecule has 1 N–H and O–H groups in total. The highest BCUT2D eigenvalue weighted by atomic mass is 35.5. The number of likely N-dealkylation sites (tertiary alicyclic amines) is 1. The van der Waals surface area contributed by atoms with Gasteiger partial charge in [-0.1, -0.05) is 41.9 Å². The van der Waals surface area contributed by atoms with Gasteiger partial charge in [0.1, 0.15) is 5.75 Å². The van der Waals surface area contributed by atoms with Gasteiger partial charge in [0.05, 0.1) is 10.6 Å². The molecule has 0 aliphatic carbocycles. The monoisotopic (exact) mass is 445 g/mol. The first-order valence-electron chi connectivity index (χ1n) is 10.9. The van der Waals surface area contributed by atoms with Crippen LogP contribution in [0.5, 0.6) is 11.5 Å². The molecule has 5 nitrogen and oxygen atoms in total. The Labute approximate surface area is 189 Å². The van der Waals surface area contributed by atoms with Crippen molar-refractivity contribution in [3.05, 3.63) is 58.6 Å². The van der Waals surface area contributed by atoms with E-state index in [4.69, 9.17) is 21.1 Å². The molecular weight excluding hydrogens is 414 g/mol. The van der Waals surface area contributed by atoms with Crippen LogP contribution in [0.4, 0.5) is 0 Å². The lowest BCUT2D eigenvalue weighted by molar-refractivity contribution is -0.123. The first-order valence-corrected chi connectivity index (χ1v) is 11.3. The Morgan fingerprint density at radius 3 is 2.77 bits per heavy atom. The Kier molecular flexibility index (Phi) is 8.35. The van der Waals surface area contributed by atoms with E-state index in [0.717, 1.165) is 44.2 Å². The van der Waals surface area contributed by atoms with E-state index in [0.29, 0.717) is 41.7 Å². The molecule has 1 heterocycles. The fourth-order valence-corrected chi connectivity index (χ4v) is 4.64. The zero-order valence-corrected chi connectivity index (χ0v) is 19.1. The number of carbonyl (C=O) groups excluding carboxylic acids is 1. The lowest BCUT2D eigenvalue weighted by Gasteiger charge is -2.42. The van der Waals surface area contributed by atoms with Crippen molar-refractivity contribution in [1.82, 2.24) is 4.90 Å². The van der Waals surface area contributed by atoms with Crippen molar-refractivity contribution >= 4 is 18.0 Å². The summed E-state index contributed by atoms with van der Waals surface area (Å²) in [5, 5.41) is 12.6. The summed E-state index contributed by atoms with van der Waals surface area (Å²) in [5.74, 6) is 1.08. The molecule has 168 valence electrons. The SMILES string of the molecule is COCCCC[C@@](O)(c1cccc(Cl)c1Oc1ccccc1C)[C@@H]1CCCN(C=O)C1. The number of methoxy groups -OCH3 is 1. The van der Waals surface area contributed by atoms with Crippen LogP contribution >= 0.6 is 11.6 Å². The summed E-state index contributed by atoms with van der Waals surface area (Å²) in [5.41, 5.74) is 0.499. The van der Waals surface area contributed by atoms with Crippen LogP contribution in [0.25, 0.3) is 0 Å². The van der Waals surface area contributed by atoms with E-state index < -0.39 is 5.60 Å². The summed E-state index contributed by atoms with van der Waals surface area (Å²) < 4.78 is 11.5. The molecule has 1 saturated heterocycles. The Hall–Kier alpha value is -2.08. The molecule has 0 saturated carbocycles. The van der Waals surface area contributed by atoms with Crippen molar-refractivity contribution in [1.29, 1.82) is 0 Å². The molecule has 6 heteroatoms. The molecule has 2 aromatic carbocycles. The Morgan fingerprint density at radius 1 is 1.23 bits per heavy atom. The average molecular weight is 446 g/mol. The Balaban J connectivity index is 2.00. The summed E-state index contributed by atoms with van der Waals surface area (Å²) >= 11 is 6.59. The molecule has 2 atom stereocenters. The number of unbranched alkanes of at least 4 members (excludes halogenated alkanes) is 1. The molecule has 1 amide bonds. The van der Waals surface area contributed by atoms with Crippen LogP contribution in [0.2, 0.25) is 5.02 Å². The standard InChI is InChI=1S/C25H32ClNO4/c1-19-9-3-4-13-23(19)31-24-21(11-7-12-22(24)26)25(29,14-5-6-16-30-2)20-10-8-15-27(17-20)18-28/h3-4,7,9,11-13,18,20,29H,5-6,8,10,14-17H2,1-2H3/t20-,25+/m1/s1. The fourth-order valence-electron chi connectivity index (χ4n) is 4.43. The second-order valence-electron chi connectivity index (χ2n) is 8.30. The largest absolute Gasteiger partial charge is 0.455 e. The predicted molar refractivity (Wildman–Crippen MR) is 123 cm³/mol. The molecule has 2 aromatic rings. The number of benzene rings is 2. The summed E-state index contributed by atoms with van der Waals surface area (Å²) in [7, 11) is 1.68. The van der Waals surface area contributed by atoms with Crippen LogP contribution in [0, 0.1) is 12.8 Å². The van der Waals surface area contributed by atoms with Gasteiger partial charge in [0.25, 0.3) is 0 Å². The van der Waals surface area contributed by atoms with Gasteiger partial charge in [-0.2, -0.15) is 0 Å². The van der Waals surface area contributed by atoms with Gasteiger partial charge in [0.15, 0.2) is 5.75 Å². The normalized spacial score (nSPS) is 18.5. The van der Waals surface area contributed by atoms with Gasteiger partial charge >= 0.3 is 0 Å². The maximum Gasteiger partial charge on any atom is 0.209 e. The van der Waals surface area contributed by atoms with Crippen molar-refractivity contribution in [2.45, 2.75) is 44.6 Å². The van der Waals surface area contributed by atoms with Crippen LogP contribution in [0.3, 0.4) is 0 Å². The van der Waals surface area contributed by atoms with Crippen LogP contribution in [-0.4, -0.2) is 43.2 Å². The fraction of sp³-hybridized carbons (Fsp3) is 0.480. The highest BCUT2D eigenvalue weighted by Gasteiger charge is 2.42. The van der Waals surface area contributed by atoms with Gasteiger partial charge in [0.2, 0.25) is 6.41 Å². The number of piperidine rings is 1. The third kappa shape index (κ3) is 5.59. The minimum atomic E-state index is -1.17. The van der Waals surface area contributed by atoms with Crippen molar-refractivity contribution in [2.75, 3.05) is 26.8 Å². The highest BCUT2D eigenvalue weighted by Crippen LogP contribution is 2.46. The number of rotatable bonds is 10. The van der Waals surface area contributed by atoms with Gasteiger partial charge in [-0.15, -0.1) is 0 Å². The van der Waals surface area contributed by atoms with E-state index in [9.17, 15) is 9.90 Å². The quantitative estimate of drug-likeness (QED) is 0.397. The average Bonchev–Trinajstić information content (AvgIpc) is 2.79. The van der Waals surface area contributed by atoms with Crippen LogP contribution in [0.15, 0.2) is 42.5 Å². The van der Waals surface area contributed by atoms with Gasteiger partial charge in [-0.05, 0) is 56.7 Å². The zero-order chi connectivity index (χ0) is 22.3. The van der Waals surface area contributed by atoms with Crippen molar-refractivity contribution < 1.29 is 19.4 Å². The first-order chi connectivity index (χ1) is 15.0. The molecule has 0 spiro atoms. The minimum absolute atomic E-state index is 0.105. The number of hydrogen-bond acceptors (Lipinski definition) is 4. The van der Waals surface area contributed by atoms with E-state index in [1.807, 2.05) is 43.3 Å². The van der Waals surface area contributed by atoms with Gasteiger partial charge < -0.3 is 19.5 Å². The minimum Gasteiger partial charge on any atom is -0.455 e. The second-order valence-corrected chi connectivity index (χ2v) is 8.70. The van der Waals surface area contributed by atoms with Crippen LogP contribution in [0.1, 0.15) is 43.2 Å².